The predicted octanol–water partition coefficient (Wildman–Crippen LogP) is 7.91. The molecule has 3 aliphatic rings. The molecule has 0 aliphatic carbocycles. The van der Waals surface area contributed by atoms with E-state index in [9.17, 15) is 29.4 Å². The maximum atomic E-state index is 13.5. The molecule has 1 unspecified atom stereocenters. The van der Waals surface area contributed by atoms with Crippen molar-refractivity contribution in [1.29, 1.82) is 0 Å². The molecule has 3 N–H and O–H groups in total. The number of benzene rings is 2. The maximum Gasteiger partial charge on any atom is 0.416 e. The number of nitrogens with zero attached hydrogens (tertiary/aromatic N) is 3. The number of fused-ring (bicyclic) bond motifs is 2. The zero-order valence-electron chi connectivity index (χ0n) is 35.0. The van der Waals surface area contributed by atoms with Gasteiger partial charge in [0.15, 0.2) is 6.23 Å². The molecule has 3 aliphatic heterocycles. The number of ether oxygens (including phenoxy) is 4. The summed E-state index contributed by atoms with van der Waals surface area (Å²) in [4.78, 5) is 56.4. The van der Waals surface area contributed by atoms with Crippen LogP contribution in [0.3, 0.4) is 0 Å². The lowest BCUT2D eigenvalue weighted by atomic mass is 9.94. The zero-order chi connectivity index (χ0) is 44.5. The summed E-state index contributed by atoms with van der Waals surface area (Å²) in [5, 5.41) is 32.1. The standard InChI is InChI=1S/C23H24N2O5S.C23H26N2O5S/c1-4-8-30-23(28)25-18-10-14(2)20(29-3)12-17(18)21(26)24-7-5-15(11-19(24)22(25)27)16-6-9-31-13-16;1-4-8-30-23(28)24-20-10-15(2)21(29-3)12-19(20)22(27)25-7-5-16(11-18(25)13-26)17-6-9-31-14-17/h4-6,9-10,12-13,19,22,27H,1,7-8,11H2,2-3H3;4-6,9-10,12,14,18,26H,1,7-8,11,13H2,2-3H3,(H,24,28)/t19-,22?;18-/m00/s1. The van der Waals surface area contributed by atoms with E-state index >= 15 is 0 Å². The molecular weight excluding hydrogens is 833 g/mol. The van der Waals surface area contributed by atoms with Gasteiger partial charge in [-0.1, -0.05) is 37.5 Å². The normalized spacial score (nSPS) is 18.1. The molecule has 2 aromatic carbocycles. The highest BCUT2D eigenvalue weighted by Crippen LogP contribution is 2.40. The Balaban J connectivity index is 0.000000207. The summed E-state index contributed by atoms with van der Waals surface area (Å²) in [5.41, 5.74) is 6.98. The van der Waals surface area contributed by atoms with Crippen LogP contribution in [-0.4, -0.2) is 109 Å². The summed E-state index contributed by atoms with van der Waals surface area (Å²) in [7, 11) is 3.05. The highest BCUT2D eigenvalue weighted by Gasteiger charge is 2.44. The highest BCUT2D eigenvalue weighted by atomic mass is 32.1. The van der Waals surface area contributed by atoms with Gasteiger partial charge in [0, 0.05) is 13.1 Å². The van der Waals surface area contributed by atoms with Crippen molar-refractivity contribution in [2.24, 2.45) is 0 Å². The third kappa shape index (κ3) is 9.79. The number of amides is 4. The third-order valence-electron chi connectivity index (χ3n) is 10.8. The van der Waals surface area contributed by atoms with Gasteiger partial charge in [-0.25, -0.2) is 14.5 Å². The van der Waals surface area contributed by atoms with E-state index in [2.05, 4.69) is 23.9 Å². The molecule has 326 valence electrons. The molecular formula is C46H50N4O10S2. The highest BCUT2D eigenvalue weighted by molar-refractivity contribution is 7.08. The molecule has 16 heteroatoms. The van der Waals surface area contributed by atoms with Gasteiger partial charge in [0.1, 0.15) is 24.7 Å². The van der Waals surface area contributed by atoms with Gasteiger partial charge in [-0.2, -0.15) is 22.7 Å². The number of rotatable bonds is 11. The molecule has 7 rings (SSSR count). The fourth-order valence-corrected chi connectivity index (χ4v) is 8.97. The Kier molecular flexibility index (Phi) is 15.0. The molecule has 4 aromatic rings. The first-order valence-corrected chi connectivity index (χ1v) is 21.7. The summed E-state index contributed by atoms with van der Waals surface area (Å²) in [6, 6.07) is 9.62. The molecule has 0 radical (unpaired) electrons. The molecule has 0 spiro atoms. The van der Waals surface area contributed by atoms with Crippen LogP contribution in [0.15, 0.2) is 95.4 Å². The summed E-state index contributed by atoms with van der Waals surface area (Å²) in [6.07, 6.45) is 5.18. The number of aliphatic hydroxyl groups excluding tert-OH is 2. The van der Waals surface area contributed by atoms with Crippen LogP contribution >= 0.6 is 22.7 Å². The zero-order valence-corrected chi connectivity index (χ0v) is 36.6. The molecule has 0 fully saturated rings. The smallest absolute Gasteiger partial charge is 0.416 e. The molecule has 0 saturated heterocycles. The number of carbonyl (C=O) groups excluding carboxylic acids is 4. The van der Waals surface area contributed by atoms with Crippen LogP contribution in [0.4, 0.5) is 21.0 Å². The van der Waals surface area contributed by atoms with Crippen molar-refractivity contribution in [2.75, 3.05) is 57.3 Å². The molecule has 62 heavy (non-hydrogen) atoms. The lowest BCUT2D eigenvalue weighted by Gasteiger charge is -2.38. The second kappa shape index (κ2) is 20.6. The first kappa shape index (κ1) is 45.3. The Morgan fingerprint density at radius 2 is 1.48 bits per heavy atom. The van der Waals surface area contributed by atoms with Crippen molar-refractivity contribution in [3.63, 3.8) is 0 Å². The molecule has 4 amide bonds. The lowest BCUT2D eigenvalue weighted by Crippen LogP contribution is -2.54. The van der Waals surface area contributed by atoms with Crippen LogP contribution in [-0.2, 0) is 9.47 Å². The van der Waals surface area contributed by atoms with E-state index in [0.29, 0.717) is 48.8 Å². The lowest BCUT2D eigenvalue weighted by molar-refractivity contribution is 0.0397. The number of hydrogen-bond donors (Lipinski definition) is 3. The van der Waals surface area contributed by atoms with Crippen LogP contribution in [0, 0.1) is 13.8 Å². The predicted molar refractivity (Wildman–Crippen MR) is 241 cm³/mol. The van der Waals surface area contributed by atoms with Crippen molar-refractivity contribution in [2.45, 2.75) is 45.0 Å². The van der Waals surface area contributed by atoms with Gasteiger partial charge in [-0.05, 0) is 118 Å². The summed E-state index contributed by atoms with van der Waals surface area (Å²) < 4.78 is 21.0. The molecule has 0 bridgehead atoms. The Hall–Kier alpha value is -6.20. The molecule has 2 aromatic heterocycles. The van der Waals surface area contributed by atoms with E-state index in [1.165, 1.54) is 31.3 Å². The van der Waals surface area contributed by atoms with E-state index in [1.807, 2.05) is 54.3 Å². The van der Waals surface area contributed by atoms with Gasteiger partial charge in [0.2, 0.25) is 0 Å². The van der Waals surface area contributed by atoms with Crippen LogP contribution in [0.5, 0.6) is 11.5 Å². The summed E-state index contributed by atoms with van der Waals surface area (Å²) in [6.45, 7) is 11.3. The first-order chi connectivity index (χ1) is 29.9. The van der Waals surface area contributed by atoms with Gasteiger partial charge in [-0.15, -0.1) is 0 Å². The van der Waals surface area contributed by atoms with Gasteiger partial charge >= 0.3 is 12.2 Å². The maximum absolute atomic E-state index is 13.5. The van der Waals surface area contributed by atoms with Gasteiger partial charge in [0.25, 0.3) is 11.8 Å². The summed E-state index contributed by atoms with van der Waals surface area (Å²) >= 11 is 3.20. The number of methoxy groups -OCH3 is 2. The van der Waals surface area contributed by atoms with Gasteiger partial charge < -0.3 is 39.0 Å². The average Bonchev–Trinajstić information content (AvgIpc) is 4.02. The molecule has 5 heterocycles. The fourth-order valence-electron chi connectivity index (χ4n) is 7.61. The number of aliphatic hydroxyl groups is 2. The second-order valence-electron chi connectivity index (χ2n) is 14.6. The van der Waals surface area contributed by atoms with E-state index in [4.69, 9.17) is 18.9 Å². The minimum Gasteiger partial charge on any atom is -0.496 e. The van der Waals surface area contributed by atoms with E-state index in [-0.39, 0.29) is 48.8 Å². The van der Waals surface area contributed by atoms with Crippen molar-refractivity contribution in [3.05, 3.63) is 129 Å². The fraction of sp³-hybridized carbons (Fsp3) is 0.304. The van der Waals surface area contributed by atoms with Crippen molar-refractivity contribution >= 4 is 69.2 Å². The van der Waals surface area contributed by atoms with E-state index < -0.39 is 24.5 Å². The van der Waals surface area contributed by atoms with Crippen molar-refractivity contribution in [1.82, 2.24) is 9.80 Å². The van der Waals surface area contributed by atoms with Crippen LogP contribution in [0.2, 0.25) is 0 Å². The second-order valence-corrected chi connectivity index (χ2v) is 16.1. The minimum absolute atomic E-state index is 0.00505. The van der Waals surface area contributed by atoms with E-state index in [1.54, 1.807) is 56.7 Å². The third-order valence-corrected chi connectivity index (χ3v) is 12.1. The van der Waals surface area contributed by atoms with Crippen LogP contribution in [0.1, 0.15) is 55.8 Å². The quantitative estimate of drug-likeness (QED) is 0.126. The SMILES string of the molecule is C=CCOC(=O)N1c2cc(C)c(OC)cc2C(=O)N2CC=C(c3ccsc3)C[C@H]2C1O.C=CCOC(=O)Nc1cc(C)c(OC)cc1C(=O)N1CC=C(c2ccsc2)C[C@H]1CO. The van der Waals surface area contributed by atoms with Crippen molar-refractivity contribution in [3.8, 4) is 11.5 Å². The molecule has 14 nitrogen and oxygen atoms in total. The van der Waals surface area contributed by atoms with E-state index in [0.717, 1.165) is 33.4 Å². The largest absolute Gasteiger partial charge is 0.496 e. The monoisotopic (exact) mass is 882 g/mol. The van der Waals surface area contributed by atoms with Gasteiger partial charge in [-0.3, -0.25) is 14.9 Å². The van der Waals surface area contributed by atoms with Gasteiger partial charge in [0.05, 0.1) is 55.4 Å². The Labute approximate surface area is 368 Å². The molecule has 0 saturated carbocycles. The van der Waals surface area contributed by atoms with Crippen LogP contribution in [0.25, 0.3) is 11.1 Å². The average molecular weight is 883 g/mol. The number of thiophene rings is 2. The molecule has 3 atom stereocenters. The summed E-state index contributed by atoms with van der Waals surface area (Å²) in [5.74, 6) is 0.486. The number of nitrogens with one attached hydrogen (secondary N) is 1. The Morgan fingerprint density at radius 3 is 2.10 bits per heavy atom. The Bertz CT molecular complexity index is 2360. The number of hydrogen-bond acceptors (Lipinski definition) is 12. The van der Waals surface area contributed by atoms with Crippen LogP contribution < -0.4 is 19.7 Å². The number of aryl methyl sites for hydroxylation is 2. The Morgan fingerprint density at radius 1 is 0.871 bits per heavy atom. The number of anilines is 2. The topological polar surface area (TPSA) is 167 Å². The minimum atomic E-state index is -1.28. The first-order valence-electron chi connectivity index (χ1n) is 19.8. The van der Waals surface area contributed by atoms with Crippen molar-refractivity contribution < 1.29 is 48.3 Å². The number of carbonyl (C=O) groups is 4.